The molecule has 3 saturated heterocycles. The summed E-state index contributed by atoms with van der Waals surface area (Å²) in [5.41, 5.74) is 8.57. The molecule has 0 spiro atoms. The largest absolute Gasteiger partial charge is 0.382 e. The van der Waals surface area contributed by atoms with Crippen molar-refractivity contribution in [1.29, 1.82) is 0 Å². The van der Waals surface area contributed by atoms with Crippen LogP contribution in [0.25, 0.3) is 0 Å². The van der Waals surface area contributed by atoms with E-state index in [2.05, 4.69) is 46.5 Å². The maximum atomic E-state index is 13.5. The second kappa shape index (κ2) is 14.0. The summed E-state index contributed by atoms with van der Waals surface area (Å²) in [6, 6.07) is 8.55. The number of likely N-dealkylation sites (tertiary alicyclic amines) is 1. The lowest BCUT2D eigenvalue weighted by Crippen LogP contribution is -2.51. The molecular formula is C34H49N7O3. The zero-order chi connectivity index (χ0) is 31.4. The van der Waals surface area contributed by atoms with Gasteiger partial charge in [0.25, 0.3) is 17.7 Å². The Morgan fingerprint density at radius 2 is 1.73 bits per heavy atom. The minimum absolute atomic E-state index is 0.0465. The van der Waals surface area contributed by atoms with Gasteiger partial charge in [0, 0.05) is 54.2 Å². The van der Waals surface area contributed by atoms with Gasteiger partial charge in [0.05, 0.1) is 11.1 Å². The Labute approximate surface area is 261 Å². The molecule has 3 fully saturated rings. The molecular weight excluding hydrogens is 554 g/mol. The number of nitrogens with zero attached hydrogens (tertiary/aromatic N) is 3. The summed E-state index contributed by atoms with van der Waals surface area (Å²) >= 11 is 0. The lowest BCUT2D eigenvalue weighted by molar-refractivity contribution is 0.0922. The van der Waals surface area contributed by atoms with Crippen molar-refractivity contribution in [1.82, 2.24) is 20.5 Å². The van der Waals surface area contributed by atoms with E-state index in [4.69, 9.17) is 10.7 Å². The Bertz CT molecular complexity index is 1330. The number of carbonyl (C=O) groups excluding carboxylic acids is 3. The van der Waals surface area contributed by atoms with Crippen LogP contribution >= 0.6 is 0 Å². The van der Waals surface area contributed by atoms with Crippen molar-refractivity contribution in [3.8, 4) is 0 Å². The van der Waals surface area contributed by atoms with Gasteiger partial charge in [-0.25, -0.2) is 4.98 Å². The van der Waals surface area contributed by atoms with Crippen LogP contribution in [0.1, 0.15) is 109 Å². The topological polar surface area (TPSA) is 133 Å². The molecule has 5 rings (SSSR count). The normalized spacial score (nSPS) is 23.2. The molecule has 44 heavy (non-hydrogen) atoms. The highest BCUT2D eigenvalue weighted by Crippen LogP contribution is 2.39. The predicted molar refractivity (Wildman–Crippen MR) is 174 cm³/mol. The van der Waals surface area contributed by atoms with Crippen LogP contribution in [0.2, 0.25) is 0 Å². The first kappa shape index (κ1) is 31.8. The number of piperidine rings is 1. The summed E-state index contributed by atoms with van der Waals surface area (Å²) < 4.78 is 0. The minimum atomic E-state index is -0.507. The third-order valence-corrected chi connectivity index (χ3v) is 9.97. The number of primary amides is 1. The van der Waals surface area contributed by atoms with E-state index in [1.807, 2.05) is 19.1 Å². The average molecular weight is 604 g/mol. The summed E-state index contributed by atoms with van der Waals surface area (Å²) in [7, 11) is 0. The number of nitrogens with one attached hydrogen (secondary N) is 3. The molecule has 1 unspecified atom stereocenters. The van der Waals surface area contributed by atoms with Crippen LogP contribution < -0.4 is 26.6 Å². The van der Waals surface area contributed by atoms with E-state index in [9.17, 15) is 14.4 Å². The maximum absolute atomic E-state index is 13.5. The van der Waals surface area contributed by atoms with Crippen LogP contribution in [0.4, 0.5) is 11.5 Å². The Morgan fingerprint density at radius 3 is 2.34 bits per heavy atom. The van der Waals surface area contributed by atoms with Crippen molar-refractivity contribution < 1.29 is 14.4 Å². The molecule has 1 aromatic carbocycles. The number of aryl methyl sites for hydroxylation is 1. The van der Waals surface area contributed by atoms with E-state index in [1.165, 1.54) is 6.42 Å². The van der Waals surface area contributed by atoms with Crippen LogP contribution in [-0.2, 0) is 0 Å². The fraction of sp³-hybridized carbons (Fsp3) is 0.588. The van der Waals surface area contributed by atoms with Crippen LogP contribution in [0.3, 0.4) is 0 Å². The van der Waals surface area contributed by atoms with Crippen LogP contribution in [-0.4, -0.2) is 77.4 Å². The first-order chi connectivity index (χ1) is 21.2. The molecule has 0 saturated carbocycles. The van der Waals surface area contributed by atoms with Crippen molar-refractivity contribution in [3.63, 3.8) is 0 Å². The lowest BCUT2D eigenvalue weighted by Gasteiger charge is -2.40. The monoisotopic (exact) mass is 603 g/mol. The molecule has 1 aromatic heterocycles. The number of benzene rings is 1. The number of carbonyl (C=O) groups is 3. The van der Waals surface area contributed by atoms with Crippen molar-refractivity contribution >= 4 is 29.2 Å². The van der Waals surface area contributed by atoms with E-state index in [-0.39, 0.29) is 36.0 Å². The summed E-state index contributed by atoms with van der Waals surface area (Å²) in [6.07, 6.45) is 9.56. The number of fused-ring (bicyclic) bond motifs is 2. The van der Waals surface area contributed by atoms with E-state index >= 15 is 0 Å². The number of aromatic nitrogens is 1. The SMILES string of the molecule is CCC(CC)Nc1cc(C(=O)N[C@H]2C[C@H]3CC[C@@H](C2)N3c2ccc(C(=O)NCC3CCCN3CC)cn2)c(C)cc1C(N)=O. The van der Waals surface area contributed by atoms with Gasteiger partial charge in [0.15, 0.2) is 0 Å². The maximum Gasteiger partial charge on any atom is 0.252 e. The van der Waals surface area contributed by atoms with E-state index in [0.717, 1.165) is 69.4 Å². The van der Waals surface area contributed by atoms with Crippen molar-refractivity contribution in [3.05, 3.63) is 52.7 Å². The quantitative estimate of drug-likeness (QED) is 0.285. The number of anilines is 2. The summed E-state index contributed by atoms with van der Waals surface area (Å²) in [6.45, 7) is 11.0. The van der Waals surface area contributed by atoms with Crippen molar-refractivity contribution in [2.75, 3.05) is 29.9 Å². The van der Waals surface area contributed by atoms with Gasteiger partial charge in [0.1, 0.15) is 5.82 Å². The summed E-state index contributed by atoms with van der Waals surface area (Å²) in [5, 5.41) is 9.81. The molecule has 238 valence electrons. The lowest BCUT2D eigenvalue weighted by atomic mass is 9.95. The fourth-order valence-electron chi connectivity index (χ4n) is 7.45. The summed E-state index contributed by atoms with van der Waals surface area (Å²) in [5.74, 6) is 0.180. The predicted octanol–water partition coefficient (Wildman–Crippen LogP) is 4.23. The molecule has 3 aliphatic heterocycles. The molecule has 2 bridgehead atoms. The van der Waals surface area contributed by atoms with E-state index < -0.39 is 5.91 Å². The highest BCUT2D eigenvalue weighted by atomic mass is 16.2. The third kappa shape index (κ3) is 6.85. The highest BCUT2D eigenvalue weighted by molar-refractivity contribution is 6.03. The molecule has 2 aromatic rings. The number of amides is 3. The standard InChI is InChI=1S/C34H49N7O3/c1-5-23(6-2)38-30-18-28(21(4)15-29(30)32(35)42)34(44)39-24-16-25-11-12-26(17-24)41(25)31-13-10-22(19-36-31)33(43)37-20-27-9-8-14-40(27)7-3/h10,13,15,18-19,23-27,38H,5-9,11-12,14,16-17,20H2,1-4H3,(H2,35,42)(H,37,43)(H,39,44)/t24-,25+,26-,27?. The van der Waals surface area contributed by atoms with Gasteiger partial charge < -0.3 is 26.6 Å². The van der Waals surface area contributed by atoms with Gasteiger partial charge in [-0.1, -0.05) is 20.8 Å². The summed E-state index contributed by atoms with van der Waals surface area (Å²) in [4.78, 5) is 48.0. The first-order valence-electron chi connectivity index (χ1n) is 16.5. The van der Waals surface area contributed by atoms with Gasteiger partial charge in [-0.3, -0.25) is 19.3 Å². The number of hydrogen-bond acceptors (Lipinski definition) is 7. The molecule has 0 aliphatic carbocycles. The zero-order valence-electron chi connectivity index (χ0n) is 26.7. The number of hydrogen-bond donors (Lipinski definition) is 4. The van der Waals surface area contributed by atoms with Crippen LogP contribution in [0.15, 0.2) is 30.5 Å². The second-order valence-corrected chi connectivity index (χ2v) is 12.7. The Hall–Kier alpha value is -3.66. The second-order valence-electron chi connectivity index (χ2n) is 12.7. The van der Waals surface area contributed by atoms with E-state index in [0.29, 0.717) is 35.0 Å². The van der Waals surface area contributed by atoms with Crippen molar-refractivity contribution in [2.45, 2.75) is 109 Å². The van der Waals surface area contributed by atoms with E-state index in [1.54, 1.807) is 18.3 Å². The third-order valence-electron chi connectivity index (χ3n) is 9.97. The number of likely N-dealkylation sites (N-methyl/N-ethyl adjacent to an activating group) is 1. The van der Waals surface area contributed by atoms with Crippen LogP contribution in [0, 0.1) is 6.92 Å². The number of nitrogens with two attached hydrogens (primary N) is 1. The molecule has 10 nitrogen and oxygen atoms in total. The van der Waals surface area contributed by atoms with Gasteiger partial charge in [-0.15, -0.1) is 0 Å². The molecule has 3 amide bonds. The van der Waals surface area contributed by atoms with Crippen molar-refractivity contribution in [2.24, 2.45) is 5.73 Å². The molecule has 0 radical (unpaired) electrons. The van der Waals surface area contributed by atoms with Gasteiger partial charge in [0.2, 0.25) is 0 Å². The number of rotatable bonds is 12. The van der Waals surface area contributed by atoms with Gasteiger partial charge >= 0.3 is 0 Å². The smallest absolute Gasteiger partial charge is 0.252 e. The Morgan fingerprint density at radius 1 is 1.00 bits per heavy atom. The Balaban J connectivity index is 1.20. The molecule has 5 N–H and O–H groups in total. The highest BCUT2D eigenvalue weighted by Gasteiger charge is 2.42. The average Bonchev–Trinajstić information content (AvgIpc) is 3.59. The van der Waals surface area contributed by atoms with Gasteiger partial charge in [-0.05, 0) is 101 Å². The van der Waals surface area contributed by atoms with Crippen LogP contribution in [0.5, 0.6) is 0 Å². The molecule has 4 heterocycles. The molecule has 3 aliphatic rings. The van der Waals surface area contributed by atoms with Gasteiger partial charge in [-0.2, -0.15) is 0 Å². The molecule has 10 heteroatoms. The number of pyridine rings is 1. The molecule has 4 atom stereocenters. The first-order valence-corrected chi connectivity index (χ1v) is 16.5. The zero-order valence-corrected chi connectivity index (χ0v) is 26.7. The minimum Gasteiger partial charge on any atom is -0.382 e. The Kier molecular flexibility index (Phi) is 10.1. The fourth-order valence-corrected chi connectivity index (χ4v) is 7.45.